The second-order valence-corrected chi connectivity index (χ2v) is 6.74. The van der Waals surface area contributed by atoms with E-state index in [1.54, 1.807) is 22.8 Å². The molecular formula is C20H14Cl2N4O. The topological polar surface area (TPSA) is 59.3 Å². The second kappa shape index (κ2) is 7.39. The molecule has 0 saturated carbocycles. The summed E-state index contributed by atoms with van der Waals surface area (Å²) in [6.45, 7) is 0.434. The number of nitrogens with one attached hydrogen (secondary N) is 1. The number of aromatic nitrogens is 3. The lowest BCUT2D eigenvalue weighted by Gasteiger charge is -2.07. The van der Waals surface area contributed by atoms with Crippen molar-refractivity contribution >= 4 is 34.8 Å². The maximum Gasteiger partial charge on any atom is 0.257 e. The number of hydrogen-bond donors (Lipinski definition) is 1. The monoisotopic (exact) mass is 396 g/mol. The lowest BCUT2D eigenvalue weighted by Crippen LogP contribution is -2.22. The van der Waals surface area contributed by atoms with Gasteiger partial charge in [0.25, 0.3) is 5.91 Å². The molecule has 4 rings (SSSR count). The van der Waals surface area contributed by atoms with Crippen LogP contribution in [0.25, 0.3) is 16.9 Å². The second-order valence-electron chi connectivity index (χ2n) is 5.92. The molecule has 2 heterocycles. The van der Waals surface area contributed by atoms with E-state index in [0.717, 1.165) is 16.8 Å². The Labute approximate surface area is 165 Å². The van der Waals surface area contributed by atoms with Crippen molar-refractivity contribution in [3.63, 3.8) is 0 Å². The van der Waals surface area contributed by atoms with E-state index in [0.29, 0.717) is 27.8 Å². The molecular weight excluding hydrogens is 383 g/mol. The molecule has 4 aromatic rings. The van der Waals surface area contributed by atoms with Gasteiger partial charge in [0.05, 0.1) is 21.9 Å². The van der Waals surface area contributed by atoms with Gasteiger partial charge >= 0.3 is 0 Å². The first-order valence-electron chi connectivity index (χ1n) is 8.24. The molecule has 0 aliphatic carbocycles. The van der Waals surface area contributed by atoms with Crippen LogP contribution in [0.15, 0.2) is 67.0 Å². The van der Waals surface area contributed by atoms with E-state index in [9.17, 15) is 4.79 Å². The van der Waals surface area contributed by atoms with Crippen molar-refractivity contribution < 1.29 is 4.79 Å². The molecule has 5 nitrogen and oxygen atoms in total. The fourth-order valence-electron chi connectivity index (χ4n) is 2.80. The Bertz CT molecular complexity index is 1130. The molecule has 0 fully saturated rings. The smallest absolute Gasteiger partial charge is 0.257 e. The quantitative estimate of drug-likeness (QED) is 0.546. The third kappa shape index (κ3) is 3.52. The van der Waals surface area contributed by atoms with E-state index in [1.807, 2.05) is 42.5 Å². The van der Waals surface area contributed by atoms with Crippen molar-refractivity contribution in [2.24, 2.45) is 0 Å². The molecule has 0 atom stereocenters. The zero-order valence-electron chi connectivity index (χ0n) is 14.1. The van der Waals surface area contributed by atoms with Crippen molar-refractivity contribution in [2.75, 3.05) is 0 Å². The molecule has 2 aromatic carbocycles. The molecule has 0 saturated heterocycles. The Balaban J connectivity index is 1.66. The van der Waals surface area contributed by atoms with Crippen LogP contribution in [0.5, 0.6) is 0 Å². The van der Waals surface area contributed by atoms with Gasteiger partial charge in [-0.3, -0.25) is 4.79 Å². The van der Waals surface area contributed by atoms with Crippen molar-refractivity contribution in [3.05, 3.63) is 88.2 Å². The van der Waals surface area contributed by atoms with Gasteiger partial charge in [-0.05, 0) is 23.8 Å². The summed E-state index contributed by atoms with van der Waals surface area (Å²) >= 11 is 12.1. The molecule has 1 N–H and O–H groups in total. The first-order chi connectivity index (χ1) is 13.1. The third-order valence-corrected chi connectivity index (χ3v) is 4.90. The maximum absolute atomic E-state index is 12.6. The largest absolute Gasteiger partial charge is 0.348 e. The fraction of sp³-hybridized carbons (Fsp3) is 0.0500. The number of halogens is 2. The molecule has 0 aliphatic heterocycles. The van der Waals surface area contributed by atoms with Crippen LogP contribution in [0.3, 0.4) is 0 Å². The normalized spacial score (nSPS) is 10.9. The van der Waals surface area contributed by atoms with Gasteiger partial charge in [0.15, 0.2) is 5.65 Å². The summed E-state index contributed by atoms with van der Waals surface area (Å²) in [5.41, 5.74) is 3.50. The Hall–Kier alpha value is -2.89. The van der Waals surface area contributed by atoms with Gasteiger partial charge in [0, 0.05) is 18.3 Å². The van der Waals surface area contributed by atoms with Crippen LogP contribution in [0.1, 0.15) is 15.9 Å². The van der Waals surface area contributed by atoms with Crippen LogP contribution in [0.2, 0.25) is 10.0 Å². The number of benzene rings is 2. The number of carbonyl (C=O) groups excluding carboxylic acids is 1. The predicted octanol–water partition coefficient (Wildman–Crippen LogP) is 4.63. The minimum atomic E-state index is -0.229. The standard InChI is InChI=1S/C20H14Cl2N4O/c21-16-7-6-14(10-17(16)22)18-8-9-23-19-15(12-25-26(18)19)20(27)24-11-13-4-2-1-3-5-13/h1-10,12H,11H2,(H,24,27). The third-order valence-electron chi connectivity index (χ3n) is 4.16. The Kier molecular flexibility index (Phi) is 4.79. The number of rotatable bonds is 4. The highest BCUT2D eigenvalue weighted by Crippen LogP contribution is 2.28. The van der Waals surface area contributed by atoms with E-state index in [2.05, 4.69) is 15.4 Å². The predicted molar refractivity (Wildman–Crippen MR) is 106 cm³/mol. The average Bonchev–Trinajstić information content (AvgIpc) is 3.13. The van der Waals surface area contributed by atoms with Crippen LogP contribution >= 0.6 is 23.2 Å². The van der Waals surface area contributed by atoms with Crippen molar-refractivity contribution in [1.82, 2.24) is 19.9 Å². The summed E-state index contributed by atoms with van der Waals surface area (Å²) in [7, 11) is 0. The van der Waals surface area contributed by atoms with Crippen molar-refractivity contribution in [3.8, 4) is 11.3 Å². The molecule has 134 valence electrons. The zero-order valence-corrected chi connectivity index (χ0v) is 15.6. The Morgan fingerprint density at radius 2 is 1.85 bits per heavy atom. The summed E-state index contributed by atoms with van der Waals surface area (Å²) in [5, 5.41) is 8.17. The maximum atomic E-state index is 12.6. The van der Waals surface area contributed by atoms with Gasteiger partial charge in [-0.2, -0.15) is 5.10 Å². The number of carbonyl (C=O) groups is 1. The molecule has 0 spiro atoms. The summed E-state index contributed by atoms with van der Waals surface area (Å²) in [5.74, 6) is -0.229. The molecule has 1 amide bonds. The first kappa shape index (κ1) is 17.5. The van der Waals surface area contributed by atoms with Gasteiger partial charge in [0.2, 0.25) is 0 Å². The highest BCUT2D eigenvalue weighted by molar-refractivity contribution is 6.42. The van der Waals surface area contributed by atoms with Gasteiger partial charge in [0.1, 0.15) is 5.56 Å². The average molecular weight is 397 g/mol. The summed E-state index contributed by atoms with van der Waals surface area (Å²) in [6.07, 6.45) is 3.16. The van der Waals surface area contributed by atoms with Gasteiger partial charge in [-0.15, -0.1) is 0 Å². The highest BCUT2D eigenvalue weighted by Gasteiger charge is 2.16. The minimum absolute atomic E-state index is 0.229. The van der Waals surface area contributed by atoms with Gasteiger partial charge < -0.3 is 5.32 Å². The summed E-state index contributed by atoms with van der Waals surface area (Å²) in [4.78, 5) is 16.9. The molecule has 0 unspecified atom stereocenters. The molecule has 27 heavy (non-hydrogen) atoms. The number of nitrogens with zero attached hydrogens (tertiary/aromatic N) is 3. The van der Waals surface area contributed by atoms with Crippen LogP contribution in [0.4, 0.5) is 0 Å². The molecule has 0 aliphatic rings. The zero-order chi connectivity index (χ0) is 18.8. The number of amides is 1. The SMILES string of the molecule is O=C(NCc1ccccc1)c1cnn2c(-c3ccc(Cl)c(Cl)c3)ccnc12. The first-order valence-corrected chi connectivity index (χ1v) is 8.99. The van der Waals surface area contributed by atoms with E-state index in [-0.39, 0.29) is 5.91 Å². The van der Waals surface area contributed by atoms with Gasteiger partial charge in [-0.25, -0.2) is 9.50 Å². The molecule has 0 radical (unpaired) electrons. The Morgan fingerprint density at radius 3 is 2.63 bits per heavy atom. The highest BCUT2D eigenvalue weighted by atomic mass is 35.5. The van der Waals surface area contributed by atoms with Crippen LogP contribution in [0, 0.1) is 0 Å². The van der Waals surface area contributed by atoms with Crippen molar-refractivity contribution in [1.29, 1.82) is 0 Å². The van der Waals surface area contributed by atoms with Crippen LogP contribution in [-0.2, 0) is 6.54 Å². The lowest BCUT2D eigenvalue weighted by atomic mass is 10.1. The van der Waals surface area contributed by atoms with Gasteiger partial charge in [-0.1, -0.05) is 59.6 Å². The van der Waals surface area contributed by atoms with E-state index in [1.165, 1.54) is 6.20 Å². The molecule has 7 heteroatoms. The minimum Gasteiger partial charge on any atom is -0.348 e. The lowest BCUT2D eigenvalue weighted by molar-refractivity contribution is 0.0952. The van der Waals surface area contributed by atoms with Crippen molar-refractivity contribution in [2.45, 2.75) is 6.54 Å². The van der Waals surface area contributed by atoms with E-state index < -0.39 is 0 Å². The van der Waals surface area contributed by atoms with Crippen LogP contribution in [-0.4, -0.2) is 20.5 Å². The Morgan fingerprint density at radius 1 is 1.04 bits per heavy atom. The number of hydrogen-bond acceptors (Lipinski definition) is 3. The van der Waals surface area contributed by atoms with E-state index >= 15 is 0 Å². The summed E-state index contributed by atoms with van der Waals surface area (Å²) < 4.78 is 1.62. The summed E-state index contributed by atoms with van der Waals surface area (Å²) in [6, 6.07) is 16.9. The fourth-order valence-corrected chi connectivity index (χ4v) is 3.10. The molecule has 0 bridgehead atoms. The molecule has 2 aromatic heterocycles. The number of fused-ring (bicyclic) bond motifs is 1. The van der Waals surface area contributed by atoms with Crippen LogP contribution < -0.4 is 5.32 Å². The van der Waals surface area contributed by atoms with E-state index in [4.69, 9.17) is 23.2 Å².